The summed E-state index contributed by atoms with van der Waals surface area (Å²) in [6.45, 7) is -1.56. The third kappa shape index (κ3) is 5.91. The summed E-state index contributed by atoms with van der Waals surface area (Å²) in [4.78, 5) is 26.7. The number of aliphatic hydroxyl groups is 2. The molecule has 0 aromatic carbocycles. The van der Waals surface area contributed by atoms with Gasteiger partial charge >= 0.3 is 0 Å². The van der Waals surface area contributed by atoms with Crippen LogP contribution in [0.5, 0.6) is 0 Å². The molecule has 0 saturated carbocycles. The second-order valence-corrected chi connectivity index (χ2v) is 2.17. The zero-order chi connectivity index (χ0) is 11.1. The molecule has 2 atom stereocenters. The van der Waals surface area contributed by atoms with Crippen molar-refractivity contribution >= 4 is 0 Å². The fourth-order valence-corrected chi connectivity index (χ4v) is 0.497. The van der Waals surface area contributed by atoms with Crippen molar-refractivity contribution in [1.29, 1.82) is 0 Å². The highest BCUT2D eigenvalue weighted by molar-refractivity contribution is 4.63. The van der Waals surface area contributed by atoms with Crippen LogP contribution < -0.4 is 0 Å². The van der Waals surface area contributed by atoms with Gasteiger partial charge in [0.15, 0.2) is 0 Å². The van der Waals surface area contributed by atoms with Gasteiger partial charge in [-0.25, -0.2) is 0 Å². The zero-order valence-corrected chi connectivity index (χ0v) is 6.81. The minimum Gasteiger partial charge on any atom is -0.388 e. The number of hydrogen-bond acceptors (Lipinski definition) is 8. The molecule has 0 bridgehead atoms. The van der Waals surface area contributed by atoms with Gasteiger partial charge in [0, 0.05) is 0 Å². The lowest BCUT2D eigenvalue weighted by Gasteiger charge is -2.14. The third-order valence-corrected chi connectivity index (χ3v) is 1.15. The average Bonchev–Trinajstić information content (AvgIpc) is 2.09. The smallest absolute Gasteiger partial charge is 0.294 e. The first-order valence-corrected chi connectivity index (χ1v) is 3.34. The molecule has 0 saturated heterocycles. The minimum absolute atomic E-state index is 0.782. The Morgan fingerprint density at radius 2 is 1.29 bits per heavy atom. The fraction of sp³-hybridized carbons (Fsp3) is 1.00. The van der Waals surface area contributed by atoms with Crippen LogP contribution >= 0.6 is 0 Å². The van der Waals surface area contributed by atoms with E-state index in [9.17, 15) is 20.2 Å². The first-order valence-electron chi connectivity index (χ1n) is 3.34. The van der Waals surface area contributed by atoms with Gasteiger partial charge in [0.25, 0.3) is 10.2 Å². The van der Waals surface area contributed by atoms with Crippen LogP contribution in [-0.2, 0) is 9.68 Å². The Balaban J connectivity index is 3.69. The molecule has 0 rings (SSSR count). The Hall–Kier alpha value is -1.68. The second-order valence-electron chi connectivity index (χ2n) is 2.17. The van der Waals surface area contributed by atoms with Crippen LogP contribution in [0.1, 0.15) is 0 Å². The summed E-state index contributed by atoms with van der Waals surface area (Å²) in [5.41, 5.74) is 0. The third-order valence-electron chi connectivity index (χ3n) is 1.15. The van der Waals surface area contributed by atoms with Crippen molar-refractivity contribution in [3.05, 3.63) is 20.2 Å². The molecule has 0 aliphatic rings. The predicted octanol–water partition coefficient (Wildman–Crippen LogP) is -1.88. The molecule has 0 aliphatic heterocycles. The lowest BCUT2D eigenvalue weighted by Crippen LogP contribution is -2.35. The number of nitrogens with zero attached hydrogens (tertiary/aromatic N) is 2. The van der Waals surface area contributed by atoms with E-state index in [1.165, 1.54) is 0 Å². The molecule has 0 heterocycles. The Morgan fingerprint density at radius 1 is 1.00 bits per heavy atom. The maximum atomic E-state index is 9.64. The normalized spacial score (nSPS) is 14.1. The van der Waals surface area contributed by atoms with E-state index in [4.69, 9.17) is 10.2 Å². The van der Waals surface area contributed by atoms with Crippen molar-refractivity contribution < 1.29 is 30.1 Å². The summed E-state index contributed by atoms with van der Waals surface area (Å²) in [7, 11) is 0. The fourth-order valence-electron chi connectivity index (χ4n) is 0.497. The van der Waals surface area contributed by atoms with E-state index >= 15 is 0 Å². The van der Waals surface area contributed by atoms with Crippen molar-refractivity contribution in [3.8, 4) is 0 Å². The molecule has 14 heavy (non-hydrogen) atoms. The molecule has 0 spiro atoms. The zero-order valence-electron chi connectivity index (χ0n) is 6.81. The van der Waals surface area contributed by atoms with Gasteiger partial charge in [-0.05, 0) is 0 Å². The quantitative estimate of drug-likeness (QED) is 0.368. The summed E-state index contributed by atoms with van der Waals surface area (Å²) in [6.07, 6.45) is -3.25. The molecule has 0 radical (unpaired) electrons. The Labute approximate surface area is 76.9 Å². The summed E-state index contributed by atoms with van der Waals surface area (Å²) >= 11 is 0. The average molecular weight is 212 g/mol. The summed E-state index contributed by atoms with van der Waals surface area (Å²) < 4.78 is 0. The van der Waals surface area contributed by atoms with E-state index < -0.39 is 35.6 Å². The standard InChI is InChI=1S/C4H8N2O8/c7-3(1-13-5(9)10)4(8)2-14-6(11)12/h3-4,7-8H,1-2H2/t3-,4-/m1/s1. The number of aliphatic hydroxyl groups excluding tert-OH is 2. The second kappa shape index (κ2) is 5.88. The van der Waals surface area contributed by atoms with Gasteiger partial charge in [0.1, 0.15) is 25.4 Å². The van der Waals surface area contributed by atoms with Crippen molar-refractivity contribution in [2.45, 2.75) is 12.2 Å². The van der Waals surface area contributed by atoms with Crippen molar-refractivity contribution in [3.63, 3.8) is 0 Å². The first kappa shape index (κ1) is 12.3. The lowest BCUT2D eigenvalue weighted by molar-refractivity contribution is -0.763. The highest BCUT2D eigenvalue weighted by atomic mass is 17.0. The SMILES string of the molecule is O=[N+]([O-])OC[C@@H](O)[C@H](O)CO[N+](=O)[O-]. The molecule has 0 unspecified atom stereocenters. The van der Waals surface area contributed by atoms with Crippen LogP contribution in [0.15, 0.2) is 0 Å². The Kier molecular flexibility index (Phi) is 5.17. The highest BCUT2D eigenvalue weighted by Gasteiger charge is 2.19. The number of hydrogen-bond donors (Lipinski definition) is 2. The molecule has 0 aromatic rings. The van der Waals surface area contributed by atoms with E-state index in [0.717, 1.165) is 0 Å². The first-order chi connectivity index (χ1) is 6.43. The van der Waals surface area contributed by atoms with Gasteiger partial charge in [-0.1, -0.05) is 0 Å². The molecular formula is C4H8N2O8. The lowest BCUT2D eigenvalue weighted by atomic mass is 10.2. The molecule has 10 nitrogen and oxygen atoms in total. The summed E-state index contributed by atoms with van der Waals surface area (Å²) in [5.74, 6) is 0. The topological polar surface area (TPSA) is 145 Å². The van der Waals surface area contributed by atoms with Gasteiger partial charge in [-0.15, -0.1) is 20.2 Å². The van der Waals surface area contributed by atoms with Crippen molar-refractivity contribution in [2.24, 2.45) is 0 Å². The minimum atomic E-state index is -1.62. The van der Waals surface area contributed by atoms with Crippen LogP contribution in [0.2, 0.25) is 0 Å². The Bertz CT molecular complexity index is 186. The highest BCUT2D eigenvalue weighted by Crippen LogP contribution is 1.96. The van der Waals surface area contributed by atoms with E-state index in [-0.39, 0.29) is 0 Å². The van der Waals surface area contributed by atoms with Gasteiger partial charge in [0.05, 0.1) is 0 Å². The van der Waals surface area contributed by atoms with Gasteiger partial charge in [-0.2, -0.15) is 0 Å². The van der Waals surface area contributed by atoms with E-state index in [2.05, 4.69) is 9.68 Å². The predicted molar refractivity (Wildman–Crippen MR) is 37.9 cm³/mol. The van der Waals surface area contributed by atoms with Gasteiger partial charge < -0.3 is 19.9 Å². The van der Waals surface area contributed by atoms with Crippen molar-refractivity contribution in [2.75, 3.05) is 13.2 Å². The van der Waals surface area contributed by atoms with E-state index in [0.29, 0.717) is 0 Å². The monoisotopic (exact) mass is 212 g/mol. The van der Waals surface area contributed by atoms with Crippen molar-refractivity contribution in [1.82, 2.24) is 0 Å². The van der Waals surface area contributed by atoms with E-state index in [1.54, 1.807) is 0 Å². The maximum Gasteiger partial charge on any atom is 0.294 e. The molecule has 82 valence electrons. The van der Waals surface area contributed by atoms with Crippen LogP contribution in [0.3, 0.4) is 0 Å². The number of rotatable bonds is 7. The maximum absolute atomic E-state index is 9.64. The van der Waals surface area contributed by atoms with Crippen LogP contribution in [-0.4, -0.2) is 45.8 Å². The van der Waals surface area contributed by atoms with E-state index in [1.807, 2.05) is 0 Å². The van der Waals surface area contributed by atoms with Crippen LogP contribution in [0.4, 0.5) is 0 Å². The molecule has 0 fully saturated rings. The molecule has 0 aromatic heterocycles. The summed E-state index contributed by atoms with van der Waals surface area (Å²) in [6, 6.07) is 0. The van der Waals surface area contributed by atoms with Crippen LogP contribution in [0, 0.1) is 20.2 Å². The molecule has 0 aliphatic carbocycles. The van der Waals surface area contributed by atoms with Crippen LogP contribution in [0.25, 0.3) is 0 Å². The van der Waals surface area contributed by atoms with Gasteiger partial charge in [-0.3, -0.25) is 0 Å². The molecule has 0 amide bonds. The summed E-state index contributed by atoms with van der Waals surface area (Å²) in [5, 5.41) is 34.8. The largest absolute Gasteiger partial charge is 0.388 e. The Morgan fingerprint density at radius 3 is 1.50 bits per heavy atom. The molecular weight excluding hydrogens is 204 g/mol. The molecule has 10 heteroatoms. The molecule has 2 N–H and O–H groups in total. The van der Waals surface area contributed by atoms with Gasteiger partial charge in [0.2, 0.25) is 0 Å².